The van der Waals surface area contributed by atoms with Crippen LogP contribution >= 0.6 is 16.3 Å². The second kappa shape index (κ2) is 7.86. The van der Waals surface area contributed by atoms with Crippen molar-refractivity contribution in [3.63, 3.8) is 0 Å². The van der Waals surface area contributed by atoms with E-state index in [1.54, 1.807) is 0 Å². The van der Waals surface area contributed by atoms with E-state index in [0.717, 1.165) is 11.5 Å². The highest BCUT2D eigenvalue weighted by Gasteiger charge is 2.29. The van der Waals surface area contributed by atoms with Crippen molar-refractivity contribution in [2.75, 3.05) is 0 Å². The van der Waals surface area contributed by atoms with E-state index in [1.807, 2.05) is 30.3 Å². The first-order valence-corrected chi connectivity index (χ1v) is 12.6. The van der Waals surface area contributed by atoms with Gasteiger partial charge in [0.05, 0.1) is 0 Å². The van der Waals surface area contributed by atoms with E-state index in [4.69, 9.17) is 9.05 Å². The second-order valence-electron chi connectivity index (χ2n) is 7.63. The molecule has 0 amide bonds. The van der Waals surface area contributed by atoms with Crippen molar-refractivity contribution in [3.05, 3.63) is 88.0 Å². The Kier molecular flexibility index (Phi) is 5.46. The van der Waals surface area contributed by atoms with Crippen molar-refractivity contribution in [1.82, 2.24) is 0 Å². The Labute approximate surface area is 170 Å². The monoisotopic (exact) mass is 408 g/mol. The zero-order valence-electron chi connectivity index (χ0n) is 17.0. The molecule has 0 aliphatic carbocycles. The summed E-state index contributed by atoms with van der Waals surface area (Å²) in [7, 11) is -0.623. The minimum Gasteiger partial charge on any atom is -0.436 e. The molecule has 3 unspecified atom stereocenters. The summed E-state index contributed by atoms with van der Waals surface area (Å²) in [6.07, 6.45) is 0. The highest BCUT2D eigenvalue weighted by Crippen LogP contribution is 2.60. The van der Waals surface area contributed by atoms with Gasteiger partial charge in [-0.2, -0.15) is 0 Å². The molecule has 1 heterocycles. The van der Waals surface area contributed by atoms with Gasteiger partial charge in [0.2, 0.25) is 0 Å². The molecule has 0 bridgehead atoms. The molecule has 1 aliphatic rings. The molecular weight excluding hydrogens is 382 g/mol. The molecular formula is C24H26O2P2. The van der Waals surface area contributed by atoms with E-state index in [1.165, 1.54) is 38.7 Å². The van der Waals surface area contributed by atoms with Crippen LogP contribution in [0.25, 0.3) is 0 Å². The number of rotatable bonds is 2. The van der Waals surface area contributed by atoms with Crippen molar-refractivity contribution < 1.29 is 9.05 Å². The van der Waals surface area contributed by atoms with Gasteiger partial charge in [-0.25, -0.2) is 0 Å². The summed E-state index contributed by atoms with van der Waals surface area (Å²) in [6.45, 7) is 11.0. The highest BCUT2D eigenvalue weighted by atomic mass is 32.1. The lowest BCUT2D eigenvalue weighted by Gasteiger charge is -2.30. The Balaban J connectivity index is 1.87. The summed E-state index contributed by atoms with van der Waals surface area (Å²) in [6, 6.07) is 19.1. The number of fused-ring (bicyclic) bond motifs is 2. The molecule has 0 fully saturated rings. The Morgan fingerprint density at radius 2 is 1.50 bits per heavy atom. The van der Waals surface area contributed by atoms with Crippen LogP contribution in [0.15, 0.2) is 54.6 Å². The van der Waals surface area contributed by atoms with Gasteiger partial charge in [-0.05, 0) is 61.8 Å². The fourth-order valence-corrected chi connectivity index (χ4v) is 7.95. The zero-order chi connectivity index (χ0) is 19.8. The third-order valence-corrected chi connectivity index (χ3v) is 8.78. The lowest BCUT2D eigenvalue weighted by atomic mass is 9.88. The number of benzene rings is 3. The summed E-state index contributed by atoms with van der Waals surface area (Å²) in [5.74, 6) is 2.16. The first kappa shape index (κ1) is 19.4. The van der Waals surface area contributed by atoms with Gasteiger partial charge in [0, 0.05) is 19.8 Å². The zero-order valence-corrected chi connectivity index (χ0v) is 18.9. The topological polar surface area (TPSA) is 18.5 Å². The molecule has 0 radical (unpaired) electrons. The molecule has 0 spiro atoms. The SMILES string of the molecule is Cc1cc(C)c2c(c1)C(C)c1cc(C)cc(C)c1PP(Oc1ccccc1)O2. The molecule has 0 aromatic heterocycles. The van der Waals surface area contributed by atoms with Crippen molar-refractivity contribution in [2.24, 2.45) is 0 Å². The molecule has 3 aromatic carbocycles. The predicted molar refractivity (Wildman–Crippen MR) is 122 cm³/mol. The Bertz CT molecular complexity index is 953. The van der Waals surface area contributed by atoms with Crippen LogP contribution in [0.5, 0.6) is 11.5 Å². The van der Waals surface area contributed by atoms with Crippen LogP contribution in [0.1, 0.15) is 46.2 Å². The fraction of sp³-hybridized carbons (Fsp3) is 0.250. The fourth-order valence-electron chi connectivity index (χ4n) is 3.91. The van der Waals surface area contributed by atoms with Gasteiger partial charge in [-0.3, -0.25) is 0 Å². The molecule has 0 N–H and O–H groups in total. The van der Waals surface area contributed by atoms with Crippen LogP contribution in [0.2, 0.25) is 0 Å². The minimum absolute atomic E-state index is 0.295. The maximum Gasteiger partial charge on any atom is 0.315 e. The van der Waals surface area contributed by atoms with E-state index in [9.17, 15) is 0 Å². The van der Waals surface area contributed by atoms with Gasteiger partial charge in [-0.1, -0.05) is 60.5 Å². The van der Waals surface area contributed by atoms with Crippen LogP contribution in [-0.4, -0.2) is 0 Å². The predicted octanol–water partition coefficient (Wildman–Crippen LogP) is 7.07. The summed E-state index contributed by atoms with van der Waals surface area (Å²) < 4.78 is 13.0. The molecule has 144 valence electrons. The average molecular weight is 408 g/mol. The largest absolute Gasteiger partial charge is 0.436 e. The van der Waals surface area contributed by atoms with E-state index >= 15 is 0 Å². The third-order valence-electron chi connectivity index (χ3n) is 5.20. The molecule has 4 rings (SSSR count). The Morgan fingerprint density at radius 3 is 2.21 bits per heavy atom. The van der Waals surface area contributed by atoms with Crippen LogP contribution in [0, 0.1) is 27.7 Å². The molecule has 0 saturated carbocycles. The summed E-state index contributed by atoms with van der Waals surface area (Å²) >= 11 is 0. The lowest BCUT2D eigenvalue weighted by Crippen LogP contribution is -2.16. The quantitative estimate of drug-likeness (QED) is 0.422. The van der Waals surface area contributed by atoms with E-state index in [0.29, 0.717) is 14.2 Å². The minimum atomic E-state index is -1.11. The van der Waals surface area contributed by atoms with E-state index in [2.05, 4.69) is 58.9 Å². The normalized spacial score (nSPS) is 19.2. The molecule has 1 aliphatic heterocycles. The third kappa shape index (κ3) is 3.82. The maximum atomic E-state index is 6.59. The Hall–Kier alpha value is -1.88. The highest BCUT2D eigenvalue weighted by molar-refractivity contribution is 8.20. The average Bonchev–Trinajstić information content (AvgIpc) is 2.64. The molecule has 0 saturated heterocycles. The summed E-state index contributed by atoms with van der Waals surface area (Å²) in [5, 5.41) is 1.39. The van der Waals surface area contributed by atoms with Crippen LogP contribution in [0.4, 0.5) is 0 Å². The first-order chi connectivity index (χ1) is 13.4. The van der Waals surface area contributed by atoms with Gasteiger partial charge < -0.3 is 9.05 Å². The Morgan fingerprint density at radius 1 is 0.857 bits per heavy atom. The first-order valence-electron chi connectivity index (χ1n) is 9.62. The number of para-hydroxylation sites is 1. The number of aryl methyl sites for hydroxylation is 4. The number of hydrogen-bond donors (Lipinski definition) is 0. The van der Waals surface area contributed by atoms with Crippen molar-refractivity contribution in [1.29, 1.82) is 0 Å². The number of hydrogen-bond acceptors (Lipinski definition) is 2. The lowest BCUT2D eigenvalue weighted by molar-refractivity contribution is 0.501. The summed E-state index contributed by atoms with van der Waals surface area (Å²) in [5.41, 5.74) is 7.78. The van der Waals surface area contributed by atoms with E-state index in [-0.39, 0.29) is 0 Å². The smallest absolute Gasteiger partial charge is 0.315 e. The van der Waals surface area contributed by atoms with Gasteiger partial charge in [0.1, 0.15) is 11.5 Å². The van der Waals surface area contributed by atoms with Gasteiger partial charge >= 0.3 is 8.06 Å². The molecule has 4 heteroatoms. The van der Waals surface area contributed by atoms with Gasteiger partial charge in [-0.15, -0.1) is 0 Å². The van der Waals surface area contributed by atoms with Crippen LogP contribution in [0.3, 0.4) is 0 Å². The van der Waals surface area contributed by atoms with Crippen molar-refractivity contribution >= 4 is 21.6 Å². The molecule has 3 aromatic rings. The van der Waals surface area contributed by atoms with Gasteiger partial charge in [0.25, 0.3) is 0 Å². The molecule has 2 nitrogen and oxygen atoms in total. The molecule has 28 heavy (non-hydrogen) atoms. The summed E-state index contributed by atoms with van der Waals surface area (Å²) in [4.78, 5) is 0. The maximum absolute atomic E-state index is 6.59. The second-order valence-corrected chi connectivity index (χ2v) is 11.0. The van der Waals surface area contributed by atoms with Crippen molar-refractivity contribution in [2.45, 2.75) is 40.5 Å². The standard InChI is InChI=1S/C24H26O2P2/c1-15-11-17(3)23-21(13-15)19(5)22-14-16(2)12-18(4)24(22)27-28(26-23)25-20-9-7-6-8-10-20/h6-14,19,27H,1-5H3. The van der Waals surface area contributed by atoms with E-state index < -0.39 is 8.06 Å². The van der Waals surface area contributed by atoms with Crippen LogP contribution in [-0.2, 0) is 0 Å². The van der Waals surface area contributed by atoms with Gasteiger partial charge in [0.15, 0.2) is 0 Å². The van der Waals surface area contributed by atoms with Crippen LogP contribution < -0.4 is 14.4 Å². The molecule has 3 atom stereocenters. The van der Waals surface area contributed by atoms with Crippen molar-refractivity contribution in [3.8, 4) is 11.5 Å².